The van der Waals surface area contributed by atoms with Crippen LogP contribution in [0.2, 0.25) is 10.0 Å². The zero-order chi connectivity index (χ0) is 15.4. The maximum Gasteiger partial charge on any atom is 0.271 e. The Balaban J connectivity index is 1.85. The number of aliphatic hydroxyl groups is 1. The fourth-order valence-corrected chi connectivity index (χ4v) is 2.14. The molecule has 5 nitrogen and oxygen atoms in total. The molecule has 0 aliphatic carbocycles. The Bertz CT molecular complexity index is 643. The van der Waals surface area contributed by atoms with Crippen LogP contribution >= 0.6 is 23.2 Å². The molecule has 0 saturated carbocycles. The lowest BCUT2D eigenvalue weighted by Crippen LogP contribution is -2.26. The van der Waals surface area contributed by atoms with Gasteiger partial charge >= 0.3 is 0 Å². The normalized spacial score (nSPS) is 12.2. The molecule has 112 valence electrons. The number of halogens is 2. The molecule has 1 amide bonds. The van der Waals surface area contributed by atoms with E-state index in [0.717, 1.165) is 0 Å². The van der Waals surface area contributed by atoms with E-state index in [4.69, 9.17) is 23.2 Å². The molecule has 7 heteroatoms. The van der Waals surface area contributed by atoms with Crippen molar-refractivity contribution in [3.8, 4) is 0 Å². The third-order valence-electron chi connectivity index (χ3n) is 2.97. The first-order chi connectivity index (χ1) is 9.97. The molecule has 0 bridgehead atoms. The molecule has 0 spiro atoms. The van der Waals surface area contributed by atoms with Crippen LogP contribution in [0.15, 0.2) is 30.7 Å². The Labute approximate surface area is 132 Å². The van der Waals surface area contributed by atoms with Crippen LogP contribution < -0.4 is 5.32 Å². The van der Waals surface area contributed by atoms with Crippen molar-refractivity contribution >= 4 is 29.1 Å². The van der Waals surface area contributed by atoms with E-state index >= 15 is 0 Å². The number of carbonyl (C=O) groups excluding carboxylic acids is 1. The van der Waals surface area contributed by atoms with Crippen molar-refractivity contribution in [2.75, 3.05) is 6.54 Å². The minimum atomic E-state index is -0.719. The van der Waals surface area contributed by atoms with Gasteiger partial charge in [0.15, 0.2) is 0 Å². The molecule has 1 aromatic heterocycles. The van der Waals surface area contributed by atoms with Crippen molar-refractivity contribution in [2.45, 2.75) is 12.5 Å². The summed E-state index contributed by atoms with van der Waals surface area (Å²) in [4.78, 5) is 15.7. The summed E-state index contributed by atoms with van der Waals surface area (Å²) in [6, 6.07) is 4.96. The van der Waals surface area contributed by atoms with E-state index in [1.807, 2.05) is 0 Å². The van der Waals surface area contributed by atoms with Gasteiger partial charge in [0.25, 0.3) is 5.91 Å². The molecule has 0 aliphatic heterocycles. The van der Waals surface area contributed by atoms with E-state index in [1.54, 1.807) is 42.3 Å². The van der Waals surface area contributed by atoms with E-state index in [-0.39, 0.29) is 5.91 Å². The van der Waals surface area contributed by atoms with Crippen molar-refractivity contribution in [3.05, 3.63) is 52.0 Å². The van der Waals surface area contributed by atoms with Crippen LogP contribution in [0, 0.1) is 0 Å². The van der Waals surface area contributed by atoms with E-state index in [0.29, 0.717) is 34.3 Å². The highest BCUT2D eigenvalue weighted by atomic mass is 35.5. The molecule has 21 heavy (non-hydrogen) atoms. The van der Waals surface area contributed by atoms with Crippen molar-refractivity contribution < 1.29 is 9.90 Å². The summed E-state index contributed by atoms with van der Waals surface area (Å²) >= 11 is 11.7. The minimum absolute atomic E-state index is 0.267. The molecule has 0 saturated heterocycles. The first-order valence-corrected chi connectivity index (χ1v) is 7.12. The highest BCUT2D eigenvalue weighted by molar-refractivity contribution is 6.42. The summed E-state index contributed by atoms with van der Waals surface area (Å²) in [6.07, 6.45) is 2.84. The zero-order valence-electron chi connectivity index (χ0n) is 11.4. The molecular formula is C14H15Cl2N3O2. The number of benzene rings is 1. The van der Waals surface area contributed by atoms with Crippen molar-refractivity contribution in [1.82, 2.24) is 14.9 Å². The first-order valence-electron chi connectivity index (χ1n) is 6.36. The number of hydrogen-bond donors (Lipinski definition) is 2. The second-order valence-electron chi connectivity index (χ2n) is 4.66. The Morgan fingerprint density at radius 3 is 2.81 bits per heavy atom. The van der Waals surface area contributed by atoms with Crippen molar-refractivity contribution in [2.24, 2.45) is 7.05 Å². The first kappa shape index (κ1) is 15.8. The highest BCUT2D eigenvalue weighted by Crippen LogP contribution is 2.26. The molecular weight excluding hydrogens is 313 g/mol. The average molecular weight is 328 g/mol. The van der Waals surface area contributed by atoms with Gasteiger partial charge in [-0.25, -0.2) is 4.98 Å². The smallest absolute Gasteiger partial charge is 0.271 e. The van der Waals surface area contributed by atoms with Gasteiger partial charge in [-0.05, 0) is 24.1 Å². The standard InChI is InChI=1S/C14H15Cl2N3O2/c1-19-7-12(18-8-19)14(21)17-5-4-13(20)9-2-3-10(15)11(16)6-9/h2-3,6-8,13,20H,4-5H2,1H3,(H,17,21)/t13-/m1/s1. The summed E-state index contributed by atoms with van der Waals surface area (Å²) in [7, 11) is 1.79. The average Bonchev–Trinajstić information content (AvgIpc) is 2.88. The SMILES string of the molecule is Cn1cnc(C(=O)NCC[C@@H](O)c2ccc(Cl)c(Cl)c2)c1. The minimum Gasteiger partial charge on any atom is -0.388 e. The van der Waals surface area contributed by atoms with Gasteiger partial charge in [-0.2, -0.15) is 0 Å². The number of hydrogen-bond acceptors (Lipinski definition) is 3. The molecule has 1 aromatic carbocycles. The molecule has 2 aromatic rings. The fraction of sp³-hybridized carbons (Fsp3) is 0.286. The number of imidazole rings is 1. The van der Waals surface area contributed by atoms with E-state index in [9.17, 15) is 9.90 Å². The van der Waals surface area contributed by atoms with Crippen molar-refractivity contribution in [1.29, 1.82) is 0 Å². The molecule has 0 aliphatic rings. The van der Waals surface area contributed by atoms with E-state index in [1.165, 1.54) is 0 Å². The zero-order valence-corrected chi connectivity index (χ0v) is 12.9. The Morgan fingerprint density at radius 2 is 2.19 bits per heavy atom. The number of nitrogens with zero attached hydrogens (tertiary/aromatic N) is 2. The van der Waals surface area contributed by atoms with Crippen LogP contribution in [0.4, 0.5) is 0 Å². The summed E-state index contributed by atoms with van der Waals surface area (Å²) in [5.74, 6) is -0.267. The van der Waals surface area contributed by atoms with Crippen LogP contribution in [0.5, 0.6) is 0 Å². The Hall–Kier alpha value is -1.56. The maximum atomic E-state index is 11.8. The van der Waals surface area contributed by atoms with E-state index < -0.39 is 6.10 Å². The summed E-state index contributed by atoms with van der Waals surface area (Å²) in [5, 5.41) is 13.6. The lowest BCUT2D eigenvalue weighted by atomic mass is 10.1. The molecule has 0 fully saturated rings. The van der Waals surface area contributed by atoms with Crippen molar-refractivity contribution in [3.63, 3.8) is 0 Å². The van der Waals surface area contributed by atoms with Gasteiger partial charge in [0.2, 0.25) is 0 Å². The number of nitrogens with one attached hydrogen (secondary N) is 1. The van der Waals surface area contributed by atoms with Gasteiger partial charge in [-0.3, -0.25) is 4.79 Å². The van der Waals surface area contributed by atoms with Crippen LogP contribution in [-0.4, -0.2) is 27.1 Å². The van der Waals surface area contributed by atoms with Gasteiger partial charge in [-0.15, -0.1) is 0 Å². The quantitative estimate of drug-likeness (QED) is 0.886. The Morgan fingerprint density at radius 1 is 1.43 bits per heavy atom. The van der Waals surface area contributed by atoms with Crippen LogP contribution in [0.1, 0.15) is 28.6 Å². The molecule has 2 rings (SSSR count). The monoisotopic (exact) mass is 327 g/mol. The van der Waals surface area contributed by atoms with Gasteiger partial charge in [0.05, 0.1) is 22.5 Å². The molecule has 0 radical (unpaired) electrons. The number of aliphatic hydroxyl groups excluding tert-OH is 1. The molecule has 0 unspecified atom stereocenters. The molecule has 1 atom stereocenters. The summed E-state index contributed by atoms with van der Waals surface area (Å²) in [5.41, 5.74) is 1.01. The van der Waals surface area contributed by atoms with E-state index in [2.05, 4.69) is 10.3 Å². The number of carbonyl (C=O) groups is 1. The largest absolute Gasteiger partial charge is 0.388 e. The number of amides is 1. The Kier molecular flexibility index (Phi) is 5.22. The predicted octanol–water partition coefficient (Wildman–Crippen LogP) is 2.58. The maximum absolute atomic E-state index is 11.8. The lowest BCUT2D eigenvalue weighted by Gasteiger charge is -2.12. The van der Waals surface area contributed by atoms with Gasteiger partial charge in [-0.1, -0.05) is 29.3 Å². The van der Waals surface area contributed by atoms with Crippen LogP contribution in [0.3, 0.4) is 0 Å². The molecule has 2 N–H and O–H groups in total. The topological polar surface area (TPSA) is 67.2 Å². The highest BCUT2D eigenvalue weighted by Gasteiger charge is 2.12. The van der Waals surface area contributed by atoms with Gasteiger partial charge in [0.1, 0.15) is 5.69 Å². The second kappa shape index (κ2) is 6.93. The van der Waals surface area contributed by atoms with Crippen LogP contribution in [0.25, 0.3) is 0 Å². The second-order valence-corrected chi connectivity index (χ2v) is 5.47. The number of rotatable bonds is 5. The fourth-order valence-electron chi connectivity index (χ4n) is 1.83. The summed E-state index contributed by atoms with van der Waals surface area (Å²) < 4.78 is 1.69. The third-order valence-corrected chi connectivity index (χ3v) is 3.71. The van der Waals surface area contributed by atoms with Crippen LogP contribution in [-0.2, 0) is 7.05 Å². The predicted molar refractivity (Wildman–Crippen MR) is 81.6 cm³/mol. The molecule has 1 heterocycles. The van der Waals surface area contributed by atoms with Gasteiger partial charge in [0, 0.05) is 19.8 Å². The lowest BCUT2D eigenvalue weighted by molar-refractivity contribution is 0.0938. The third kappa shape index (κ3) is 4.20. The number of aryl methyl sites for hydroxylation is 1. The van der Waals surface area contributed by atoms with Gasteiger partial charge < -0.3 is 15.0 Å². The number of aromatic nitrogens is 2. The summed E-state index contributed by atoms with van der Waals surface area (Å²) in [6.45, 7) is 0.330.